The van der Waals surface area contributed by atoms with Crippen LogP contribution in [0.15, 0.2) is 48.5 Å². The average molecular weight is 355 g/mol. The highest BCUT2D eigenvalue weighted by Crippen LogP contribution is 2.15. The summed E-state index contributed by atoms with van der Waals surface area (Å²) < 4.78 is 5.10. The lowest BCUT2D eigenvalue weighted by atomic mass is 10.1. The zero-order chi connectivity index (χ0) is 18.9. The standard InChI is InChI=1S/C20H25N3O3/c1-4-23(5-2)20(25)15-7-6-8-17(13-15)22-19(24)14-21-16-9-11-18(26-3)12-10-16/h6-13,21H,4-5,14H2,1-3H3,(H,22,24). The van der Waals surface area contributed by atoms with Gasteiger partial charge < -0.3 is 20.3 Å². The van der Waals surface area contributed by atoms with E-state index < -0.39 is 0 Å². The first-order chi connectivity index (χ1) is 12.6. The summed E-state index contributed by atoms with van der Waals surface area (Å²) in [5, 5.41) is 5.86. The van der Waals surface area contributed by atoms with Gasteiger partial charge in [-0.05, 0) is 56.3 Å². The smallest absolute Gasteiger partial charge is 0.253 e. The fourth-order valence-corrected chi connectivity index (χ4v) is 2.52. The molecule has 0 heterocycles. The normalized spacial score (nSPS) is 10.1. The van der Waals surface area contributed by atoms with Crippen molar-refractivity contribution in [1.29, 1.82) is 0 Å². The van der Waals surface area contributed by atoms with Crippen LogP contribution >= 0.6 is 0 Å². The molecule has 0 unspecified atom stereocenters. The van der Waals surface area contributed by atoms with Crippen molar-refractivity contribution in [3.8, 4) is 5.75 Å². The Morgan fingerprint density at radius 1 is 1.00 bits per heavy atom. The van der Waals surface area contributed by atoms with E-state index in [1.807, 2.05) is 38.1 Å². The summed E-state index contributed by atoms with van der Waals surface area (Å²) in [5.41, 5.74) is 1.99. The monoisotopic (exact) mass is 355 g/mol. The minimum absolute atomic E-state index is 0.0394. The van der Waals surface area contributed by atoms with E-state index in [1.165, 1.54) is 0 Å². The lowest BCUT2D eigenvalue weighted by Gasteiger charge is -2.19. The molecule has 0 saturated carbocycles. The number of carbonyl (C=O) groups is 2. The van der Waals surface area contributed by atoms with E-state index in [0.29, 0.717) is 24.3 Å². The third-order valence-electron chi connectivity index (χ3n) is 3.99. The van der Waals surface area contributed by atoms with Crippen LogP contribution in [0.2, 0.25) is 0 Å². The first-order valence-corrected chi connectivity index (χ1v) is 8.64. The van der Waals surface area contributed by atoms with E-state index in [1.54, 1.807) is 36.3 Å². The van der Waals surface area contributed by atoms with Crippen LogP contribution in [0, 0.1) is 0 Å². The number of methoxy groups -OCH3 is 1. The first-order valence-electron chi connectivity index (χ1n) is 8.64. The van der Waals surface area contributed by atoms with Gasteiger partial charge in [-0.15, -0.1) is 0 Å². The molecule has 138 valence electrons. The van der Waals surface area contributed by atoms with Gasteiger partial charge in [0.15, 0.2) is 0 Å². The van der Waals surface area contributed by atoms with Crippen LogP contribution in [0.4, 0.5) is 11.4 Å². The fourth-order valence-electron chi connectivity index (χ4n) is 2.52. The number of benzene rings is 2. The number of hydrogen-bond donors (Lipinski definition) is 2. The van der Waals surface area contributed by atoms with Crippen LogP contribution in [0.25, 0.3) is 0 Å². The molecule has 2 amide bonds. The third kappa shape index (κ3) is 5.24. The fraction of sp³-hybridized carbons (Fsp3) is 0.300. The Labute approximate surface area is 154 Å². The van der Waals surface area contributed by atoms with Crippen LogP contribution in [0.3, 0.4) is 0 Å². The molecule has 0 aliphatic rings. The van der Waals surface area contributed by atoms with Gasteiger partial charge in [-0.2, -0.15) is 0 Å². The molecule has 0 aromatic heterocycles. The van der Waals surface area contributed by atoms with Crippen LogP contribution in [0.1, 0.15) is 24.2 Å². The Bertz CT molecular complexity index is 740. The third-order valence-corrected chi connectivity index (χ3v) is 3.99. The Morgan fingerprint density at radius 2 is 1.69 bits per heavy atom. The molecule has 0 radical (unpaired) electrons. The van der Waals surface area contributed by atoms with E-state index in [0.717, 1.165) is 11.4 Å². The Morgan fingerprint density at radius 3 is 2.31 bits per heavy atom. The molecule has 2 N–H and O–H groups in total. The van der Waals surface area contributed by atoms with Crippen LogP contribution in [0.5, 0.6) is 5.75 Å². The van der Waals surface area contributed by atoms with Gasteiger partial charge in [0, 0.05) is 30.0 Å². The van der Waals surface area contributed by atoms with Crippen molar-refractivity contribution >= 4 is 23.2 Å². The molecular weight excluding hydrogens is 330 g/mol. The maximum absolute atomic E-state index is 12.4. The van der Waals surface area contributed by atoms with Gasteiger partial charge in [0.1, 0.15) is 5.75 Å². The molecular formula is C20H25N3O3. The Balaban J connectivity index is 1.94. The lowest BCUT2D eigenvalue weighted by Crippen LogP contribution is -2.30. The topological polar surface area (TPSA) is 70.7 Å². The predicted molar refractivity (Wildman–Crippen MR) is 104 cm³/mol. The summed E-state index contributed by atoms with van der Waals surface area (Å²) in [6.45, 7) is 5.31. The van der Waals surface area contributed by atoms with Gasteiger partial charge in [0.25, 0.3) is 5.91 Å². The number of nitrogens with zero attached hydrogens (tertiary/aromatic N) is 1. The first kappa shape index (κ1) is 19.3. The van der Waals surface area contributed by atoms with Gasteiger partial charge in [-0.25, -0.2) is 0 Å². The molecule has 0 atom stereocenters. The molecule has 6 nitrogen and oxygen atoms in total. The molecule has 26 heavy (non-hydrogen) atoms. The molecule has 0 saturated heterocycles. The summed E-state index contributed by atoms with van der Waals surface area (Å²) in [7, 11) is 1.61. The Hall–Kier alpha value is -3.02. The predicted octanol–water partition coefficient (Wildman–Crippen LogP) is 3.23. The molecule has 2 rings (SSSR count). The van der Waals surface area contributed by atoms with Crippen molar-refractivity contribution < 1.29 is 14.3 Å². The highest BCUT2D eigenvalue weighted by atomic mass is 16.5. The summed E-state index contributed by atoms with van der Waals surface area (Å²) >= 11 is 0. The van der Waals surface area contributed by atoms with E-state index in [4.69, 9.17) is 4.74 Å². The van der Waals surface area contributed by atoms with E-state index in [9.17, 15) is 9.59 Å². The van der Waals surface area contributed by atoms with Gasteiger partial charge in [-0.1, -0.05) is 6.07 Å². The van der Waals surface area contributed by atoms with Crippen molar-refractivity contribution in [1.82, 2.24) is 4.90 Å². The maximum Gasteiger partial charge on any atom is 0.253 e. The van der Waals surface area contributed by atoms with Crippen LogP contribution in [-0.4, -0.2) is 43.5 Å². The van der Waals surface area contributed by atoms with Gasteiger partial charge in [-0.3, -0.25) is 9.59 Å². The number of rotatable bonds is 8. The number of ether oxygens (including phenoxy) is 1. The summed E-state index contributed by atoms with van der Waals surface area (Å²) in [6, 6.07) is 14.3. The van der Waals surface area contributed by atoms with Crippen LogP contribution < -0.4 is 15.4 Å². The van der Waals surface area contributed by atoms with Crippen molar-refractivity contribution in [2.45, 2.75) is 13.8 Å². The number of carbonyl (C=O) groups excluding carboxylic acids is 2. The second-order valence-electron chi connectivity index (χ2n) is 5.69. The SMILES string of the molecule is CCN(CC)C(=O)c1cccc(NC(=O)CNc2ccc(OC)cc2)c1. The quantitative estimate of drug-likeness (QED) is 0.763. The molecule has 0 aliphatic carbocycles. The van der Waals surface area contributed by atoms with Gasteiger partial charge in [0.2, 0.25) is 5.91 Å². The van der Waals surface area contributed by atoms with E-state index in [2.05, 4.69) is 10.6 Å². The van der Waals surface area contributed by atoms with Crippen molar-refractivity contribution in [3.05, 3.63) is 54.1 Å². The number of amides is 2. The average Bonchev–Trinajstić information content (AvgIpc) is 2.68. The Kier molecular flexibility index (Phi) is 7.02. The molecule has 2 aromatic rings. The summed E-state index contributed by atoms with van der Waals surface area (Å²) in [5.74, 6) is 0.533. The lowest BCUT2D eigenvalue weighted by molar-refractivity contribution is -0.114. The second kappa shape index (κ2) is 9.46. The van der Waals surface area contributed by atoms with E-state index in [-0.39, 0.29) is 18.4 Å². The summed E-state index contributed by atoms with van der Waals surface area (Å²) in [6.07, 6.45) is 0. The minimum atomic E-state index is -0.187. The van der Waals surface area contributed by atoms with Crippen molar-refractivity contribution in [2.24, 2.45) is 0 Å². The maximum atomic E-state index is 12.4. The number of anilines is 2. The van der Waals surface area contributed by atoms with E-state index >= 15 is 0 Å². The molecule has 0 spiro atoms. The van der Waals surface area contributed by atoms with Crippen molar-refractivity contribution in [3.63, 3.8) is 0 Å². The van der Waals surface area contributed by atoms with Crippen LogP contribution in [-0.2, 0) is 4.79 Å². The largest absolute Gasteiger partial charge is 0.497 e. The van der Waals surface area contributed by atoms with Gasteiger partial charge >= 0.3 is 0 Å². The number of nitrogens with one attached hydrogen (secondary N) is 2. The second-order valence-corrected chi connectivity index (χ2v) is 5.69. The number of hydrogen-bond acceptors (Lipinski definition) is 4. The molecule has 0 fully saturated rings. The highest BCUT2D eigenvalue weighted by Gasteiger charge is 2.13. The zero-order valence-electron chi connectivity index (χ0n) is 15.4. The zero-order valence-corrected chi connectivity index (χ0v) is 15.4. The van der Waals surface area contributed by atoms with Crippen molar-refractivity contribution in [2.75, 3.05) is 37.4 Å². The summed E-state index contributed by atoms with van der Waals surface area (Å²) in [4.78, 5) is 26.3. The molecule has 0 bridgehead atoms. The molecule has 2 aromatic carbocycles. The molecule has 6 heteroatoms. The van der Waals surface area contributed by atoms with Gasteiger partial charge in [0.05, 0.1) is 13.7 Å². The molecule has 0 aliphatic heterocycles. The minimum Gasteiger partial charge on any atom is -0.497 e. The highest BCUT2D eigenvalue weighted by molar-refractivity contribution is 5.98.